The van der Waals surface area contributed by atoms with E-state index in [-0.39, 0.29) is 40.7 Å². The fraction of sp³-hybridized carbons (Fsp3) is 0.651. The third-order valence-corrected chi connectivity index (χ3v) is 41.5. The van der Waals surface area contributed by atoms with Crippen molar-refractivity contribution in [1.82, 2.24) is 0 Å². The Bertz CT molecular complexity index is 4910. The topological polar surface area (TPSA) is 261 Å². The fourth-order valence-corrected chi connectivity index (χ4v) is 31.9. The van der Waals surface area contributed by atoms with Gasteiger partial charge in [0.15, 0.2) is 0 Å². The van der Waals surface area contributed by atoms with Crippen molar-refractivity contribution in [2.24, 2.45) is 104 Å². The molecule has 0 amide bonds. The quantitative estimate of drug-likeness (QED) is 0.0230. The van der Waals surface area contributed by atoms with Crippen LogP contribution in [0.5, 0.6) is 11.5 Å². The molecule has 14 aliphatic carbocycles. The Hall–Kier alpha value is -5.90. The Balaban J connectivity index is 0.000000143. The molecule has 4 aromatic carbocycles. The van der Waals surface area contributed by atoms with Crippen molar-refractivity contribution < 1.29 is 70.8 Å². The average Bonchev–Trinajstić information content (AvgIpc) is 1.57. The third kappa shape index (κ3) is 25.0. The van der Waals surface area contributed by atoms with Crippen LogP contribution >= 0.6 is 23.5 Å². The van der Waals surface area contributed by atoms with Crippen LogP contribution in [0.1, 0.15) is 338 Å². The molecule has 12 N–H and O–H groups in total. The highest BCUT2D eigenvalue weighted by Gasteiger charge is 2.60. The molecule has 780 valence electrons. The lowest BCUT2D eigenvalue weighted by Crippen LogP contribution is -2.39. The maximum absolute atomic E-state index is 10.6. The van der Waals surface area contributed by atoms with E-state index in [0.29, 0.717) is 138 Å². The zero-order valence-corrected chi connectivity index (χ0v) is 90.9. The van der Waals surface area contributed by atoms with E-state index in [9.17, 15) is 61.3 Å². The van der Waals surface area contributed by atoms with E-state index in [1.165, 1.54) is 149 Å². The number of ether oxygens (including phenoxy) is 2. The van der Waals surface area contributed by atoms with Gasteiger partial charge in [0.25, 0.3) is 0 Å². The number of allylic oxidation sites excluding steroid dienone is 12. The van der Waals surface area contributed by atoms with Crippen molar-refractivity contribution in [3.63, 3.8) is 0 Å². The monoisotopic (exact) mass is 1980 g/mol. The van der Waals surface area contributed by atoms with Crippen LogP contribution in [0.25, 0.3) is 0 Å². The summed E-state index contributed by atoms with van der Waals surface area (Å²) in [6.07, 6.45) is 48.1. The highest BCUT2D eigenvalue weighted by atomic mass is 32.2. The summed E-state index contributed by atoms with van der Waals surface area (Å²) in [6, 6.07) is 32.4. The molecular weight excluding hydrogens is 1800 g/mol. The summed E-state index contributed by atoms with van der Waals surface area (Å²) in [6.45, 7) is 43.3. The molecular formula is C126H180O14S2. The van der Waals surface area contributed by atoms with E-state index < -0.39 is 46.8 Å². The minimum atomic E-state index is -0.876. The molecule has 4 aromatic rings. The molecule has 18 rings (SSSR count). The van der Waals surface area contributed by atoms with Crippen LogP contribution in [0.4, 0.5) is 0 Å². The van der Waals surface area contributed by atoms with E-state index in [0.717, 1.165) is 113 Å². The first-order chi connectivity index (χ1) is 67.0. The lowest BCUT2D eigenvalue weighted by Gasteiger charge is -2.44. The molecule has 24 atom stereocenters. The molecule has 14 saturated carbocycles. The Morgan fingerprint density at radius 2 is 0.577 bits per heavy atom. The Morgan fingerprint density at radius 3 is 0.838 bits per heavy atom. The molecule has 16 heteroatoms. The van der Waals surface area contributed by atoms with Gasteiger partial charge < -0.3 is 70.8 Å². The van der Waals surface area contributed by atoms with Gasteiger partial charge in [-0.1, -0.05) is 210 Å². The largest absolute Gasteiger partial charge is 0.493 e. The lowest BCUT2D eigenvalue weighted by molar-refractivity contribution is -0.0229. The van der Waals surface area contributed by atoms with E-state index in [1.807, 2.05) is 112 Å². The van der Waals surface area contributed by atoms with Gasteiger partial charge in [0.05, 0.1) is 84.4 Å². The third-order valence-electron chi connectivity index (χ3n) is 38.9. The summed E-state index contributed by atoms with van der Waals surface area (Å²) in [5.74, 6) is 11.3. The first kappa shape index (κ1) is 110. The summed E-state index contributed by atoms with van der Waals surface area (Å²) in [7, 11) is 0. The minimum absolute atomic E-state index is 0.184. The van der Waals surface area contributed by atoms with Crippen LogP contribution in [-0.4, -0.2) is 135 Å². The molecule has 14 aliphatic rings. The highest BCUT2D eigenvalue weighted by Crippen LogP contribution is 2.66. The van der Waals surface area contributed by atoms with Gasteiger partial charge >= 0.3 is 0 Å². The number of thioether (sulfide) groups is 2. The highest BCUT2D eigenvalue weighted by molar-refractivity contribution is 7.99. The smallest absolute Gasteiger partial charge is 0.119 e. The summed E-state index contributed by atoms with van der Waals surface area (Å²) >= 11 is 3.86. The van der Waals surface area contributed by atoms with Crippen LogP contribution in [0.2, 0.25) is 0 Å². The number of benzene rings is 4. The predicted molar refractivity (Wildman–Crippen MR) is 580 cm³/mol. The molecule has 0 saturated heterocycles. The van der Waals surface area contributed by atoms with E-state index in [4.69, 9.17) is 9.47 Å². The summed E-state index contributed by atoms with van der Waals surface area (Å²) in [4.78, 5) is 2.49. The van der Waals surface area contributed by atoms with Crippen LogP contribution in [0.15, 0.2) is 224 Å². The Kier molecular flexibility index (Phi) is 35.0. The van der Waals surface area contributed by atoms with E-state index in [2.05, 4.69) is 154 Å². The molecule has 14 fully saturated rings. The van der Waals surface area contributed by atoms with Crippen LogP contribution < -0.4 is 9.47 Å². The molecule has 0 aromatic heterocycles. The zero-order chi connectivity index (χ0) is 102. The number of hydrogen-bond acceptors (Lipinski definition) is 16. The van der Waals surface area contributed by atoms with Crippen LogP contribution in [0.3, 0.4) is 0 Å². The normalized spacial score (nSPS) is 34.6. The SMILES string of the molecule is C=C1[C@H](O)CC(=C/C=C2\CCCC3(C)C2CCC3[C@@H](C)COc2cccc(C(C)(C)O)c2)C[C@H]1O.C=C1[C@H](O)CC(=C/C=C2\CCCC3(C)C2CCC3[C@@H](C)CSc2cccc(C(C)(C)O)c2)C[C@H]1O.C[C@@H](COc1cccc(C(C)(C)O)c1)C1CCC2/C(=C/C=C3C[C@@H](O)C4(CC4)[C@H](O)C3)CCCC21C.C[C@@H](CSc1cccc(C(C)(C)O)c1)C1CCC2/C(=C/C=C3C[C@@H](O)C4(CC4)[C@H](O)C3)CCCC21C. The fourth-order valence-electron chi connectivity index (χ4n) is 29.7. The zero-order valence-electron chi connectivity index (χ0n) is 89.3. The molecule has 0 aliphatic heterocycles. The molecule has 14 nitrogen and oxygen atoms in total. The van der Waals surface area contributed by atoms with Crippen molar-refractivity contribution >= 4 is 23.5 Å². The predicted octanol–water partition coefficient (Wildman–Crippen LogP) is 26.2. The van der Waals surface area contributed by atoms with Crippen molar-refractivity contribution in [2.45, 2.75) is 397 Å². The second-order valence-corrected chi connectivity index (χ2v) is 52.7. The second-order valence-electron chi connectivity index (χ2n) is 50.5. The number of aliphatic hydroxyl groups is 12. The minimum Gasteiger partial charge on any atom is -0.493 e. The maximum atomic E-state index is 10.6. The number of aliphatic hydroxyl groups excluding tert-OH is 8. The van der Waals surface area contributed by atoms with Gasteiger partial charge in [-0.05, 0) is 435 Å². The summed E-state index contributed by atoms with van der Waals surface area (Å²) < 4.78 is 12.5. The second kappa shape index (κ2) is 45.1. The Morgan fingerprint density at radius 1 is 0.331 bits per heavy atom. The van der Waals surface area contributed by atoms with Gasteiger partial charge in [0, 0.05) is 32.1 Å². The Labute approximate surface area is 862 Å². The van der Waals surface area contributed by atoms with Gasteiger partial charge in [0.1, 0.15) is 11.5 Å². The molecule has 0 bridgehead atoms. The first-order valence-corrected chi connectivity index (χ1v) is 57.2. The number of hydrogen-bond donors (Lipinski definition) is 12. The van der Waals surface area contributed by atoms with Gasteiger partial charge in [-0.2, -0.15) is 0 Å². The molecule has 2 spiro atoms. The maximum Gasteiger partial charge on any atom is 0.119 e. The number of rotatable bonds is 24. The van der Waals surface area contributed by atoms with Crippen LogP contribution in [-0.2, 0) is 22.4 Å². The average molecular weight is 1980 g/mol. The van der Waals surface area contributed by atoms with Crippen molar-refractivity contribution in [3.8, 4) is 11.5 Å². The van der Waals surface area contributed by atoms with Crippen LogP contribution in [0, 0.1) is 104 Å². The van der Waals surface area contributed by atoms with Gasteiger partial charge in [-0.3, -0.25) is 0 Å². The summed E-state index contributed by atoms with van der Waals surface area (Å²) in [5, 5.41) is 125. The molecule has 0 heterocycles. The molecule has 12 unspecified atom stereocenters. The van der Waals surface area contributed by atoms with Gasteiger partial charge in [-0.15, -0.1) is 23.5 Å². The number of fused-ring (bicyclic) bond motifs is 4. The summed E-state index contributed by atoms with van der Waals surface area (Å²) in [5.41, 5.74) is 13.3. The van der Waals surface area contributed by atoms with E-state index >= 15 is 0 Å². The lowest BCUT2D eigenvalue weighted by atomic mass is 9.61. The standard InChI is InChI=1S/C32H46O4.C32H46O3S.C31H44O4.C31H44O3S/c2*1-21(20-36-25-9-5-8-24(19-25)30(2,3)35)26-12-13-27-23(7-6-14-31(26,27)4)11-10-22-17-28(33)32(15-16-32)29(34)18-22;2*1-20(19-35-25-10-6-9-24(18-25)30(3,4)34)26-13-14-27-23(8-7-15-31(26,27)5)12-11-22-16-28(32)21(2)29(33)17-22/h2*5,8-11,19,21,26-29,33-35H,6-7,12-18,20H2,1-4H3;2*6,9-12,18,20,26-29,32-34H,2,7-8,13-17,19H2,1,3-5H3/b2*23-11+;2*23-12+/t2*21-,26?,27?,28+,29+,31?;2*20-,26?,27?,28+,29+,31?/m0000/s1. The van der Waals surface area contributed by atoms with Crippen molar-refractivity contribution in [1.29, 1.82) is 0 Å². The van der Waals surface area contributed by atoms with E-state index in [1.54, 1.807) is 44.4 Å². The van der Waals surface area contributed by atoms with Crippen molar-refractivity contribution in [2.75, 3.05) is 24.7 Å². The molecule has 0 radical (unpaired) electrons. The molecule has 142 heavy (non-hydrogen) atoms. The first-order valence-electron chi connectivity index (χ1n) is 55.2. The van der Waals surface area contributed by atoms with Gasteiger partial charge in [-0.25, -0.2) is 0 Å². The van der Waals surface area contributed by atoms with Gasteiger partial charge in [0.2, 0.25) is 0 Å². The van der Waals surface area contributed by atoms with Crippen molar-refractivity contribution in [3.05, 3.63) is 237 Å².